The molecular weight excluding hydrogens is 435 g/mol. The van der Waals surface area contributed by atoms with E-state index in [4.69, 9.17) is 14.0 Å². The Morgan fingerprint density at radius 1 is 1.53 bits per heavy atom. The zero-order valence-corrected chi connectivity index (χ0v) is 19.0. The molecule has 168 valence electrons. The Morgan fingerprint density at radius 3 is 2.90 bits per heavy atom. The highest BCUT2D eigenvalue weighted by atomic mass is 32.7. The second-order valence-corrected chi connectivity index (χ2v) is 11.4. The van der Waals surface area contributed by atoms with E-state index in [0.29, 0.717) is 36.3 Å². The van der Waals surface area contributed by atoms with Crippen molar-refractivity contribution in [3.8, 4) is 0 Å². The number of hydrogen-bond donors (Lipinski definition) is 2. The molecule has 11 nitrogen and oxygen atoms in total. The Hall–Kier alpha value is -1.72. The number of anilines is 1. The predicted molar refractivity (Wildman–Crippen MR) is 113 cm³/mol. The van der Waals surface area contributed by atoms with Gasteiger partial charge in [0.2, 0.25) is 0 Å². The van der Waals surface area contributed by atoms with E-state index in [-0.39, 0.29) is 18.2 Å². The first-order chi connectivity index (χ1) is 14.1. The first kappa shape index (κ1) is 24.5. The molecule has 3 unspecified atom stereocenters. The second kappa shape index (κ2) is 10.5. The summed E-state index contributed by atoms with van der Waals surface area (Å²) in [5.41, 5.74) is -0.472. The van der Waals surface area contributed by atoms with Crippen molar-refractivity contribution in [1.29, 1.82) is 0 Å². The van der Waals surface area contributed by atoms with Gasteiger partial charge in [0.05, 0.1) is 30.8 Å². The third kappa shape index (κ3) is 6.92. The van der Waals surface area contributed by atoms with Crippen LogP contribution in [0.4, 0.5) is 5.82 Å². The lowest BCUT2D eigenvalue weighted by Gasteiger charge is -2.19. The number of aliphatic imine (C=N–C) groups is 1. The Balaban J connectivity index is 1.85. The van der Waals surface area contributed by atoms with Crippen molar-refractivity contribution in [2.24, 2.45) is 10.4 Å². The molecule has 0 bridgehead atoms. The Labute approximate surface area is 178 Å². The van der Waals surface area contributed by atoms with E-state index in [9.17, 15) is 19.0 Å². The first-order valence-corrected chi connectivity index (χ1v) is 12.4. The van der Waals surface area contributed by atoms with Crippen molar-refractivity contribution in [3.05, 3.63) is 12.0 Å². The molecule has 0 saturated carbocycles. The van der Waals surface area contributed by atoms with Gasteiger partial charge in [0.25, 0.3) is 0 Å². The van der Waals surface area contributed by atoms with E-state index in [2.05, 4.69) is 15.3 Å². The minimum atomic E-state index is -4.01. The molecule has 1 fully saturated rings. The number of nitrogens with one attached hydrogen (secondary N) is 1. The quantitative estimate of drug-likeness (QED) is 0.133. The van der Waals surface area contributed by atoms with Crippen LogP contribution in [0, 0.1) is 5.41 Å². The summed E-state index contributed by atoms with van der Waals surface area (Å²) in [5.74, 6) is -0.300. The van der Waals surface area contributed by atoms with Crippen LogP contribution in [0.5, 0.6) is 0 Å². The van der Waals surface area contributed by atoms with Gasteiger partial charge in [-0.05, 0) is 33.6 Å². The van der Waals surface area contributed by atoms with Crippen molar-refractivity contribution in [3.63, 3.8) is 0 Å². The number of hydrogen-bond acceptors (Lipinski definition) is 9. The van der Waals surface area contributed by atoms with Crippen LogP contribution < -0.4 is 5.32 Å². The highest BCUT2D eigenvalue weighted by molar-refractivity contribution is 8.54. The van der Waals surface area contributed by atoms with E-state index in [1.54, 1.807) is 32.4 Å². The number of imidazole rings is 1. The monoisotopic (exact) mass is 462 g/mol. The number of nitrogens with zero attached hydrogens (tertiary/aromatic N) is 3. The second-order valence-electron chi connectivity index (χ2n) is 7.52. The minimum absolute atomic E-state index is 0.0983. The molecule has 1 aliphatic rings. The van der Waals surface area contributed by atoms with Gasteiger partial charge in [-0.15, -0.1) is 0 Å². The summed E-state index contributed by atoms with van der Waals surface area (Å²) in [4.78, 5) is 40.6. The van der Waals surface area contributed by atoms with E-state index < -0.39 is 30.5 Å². The molecule has 1 aromatic rings. The molecule has 0 radical (unpaired) electrons. The predicted octanol–water partition coefficient (Wildman–Crippen LogP) is 2.84. The lowest BCUT2D eigenvalue weighted by molar-refractivity contribution is -0.150. The van der Waals surface area contributed by atoms with Gasteiger partial charge in [0.1, 0.15) is 23.7 Å². The zero-order valence-electron chi connectivity index (χ0n) is 17.3. The molecule has 0 aliphatic carbocycles. The summed E-state index contributed by atoms with van der Waals surface area (Å²) >= 11 is 0.533. The Morgan fingerprint density at radius 2 is 2.27 bits per heavy atom. The summed E-state index contributed by atoms with van der Waals surface area (Å²) in [6.45, 7) is 0.971. The molecule has 0 spiro atoms. The van der Waals surface area contributed by atoms with Crippen LogP contribution in [-0.4, -0.2) is 58.7 Å². The van der Waals surface area contributed by atoms with Gasteiger partial charge in [-0.1, -0.05) is 0 Å². The summed E-state index contributed by atoms with van der Waals surface area (Å²) in [5, 5.41) is 2.89. The third-order valence-electron chi connectivity index (χ3n) is 4.10. The number of aromatic nitrogens is 2. The van der Waals surface area contributed by atoms with Crippen LogP contribution in [0.1, 0.15) is 50.3 Å². The van der Waals surface area contributed by atoms with Gasteiger partial charge < -0.3 is 19.7 Å². The third-order valence-corrected chi connectivity index (χ3v) is 6.74. The number of aldehydes is 1. The fraction of sp³-hybridized carbons (Fsp3) is 0.647. The van der Waals surface area contributed by atoms with E-state index in [1.165, 1.54) is 12.7 Å². The van der Waals surface area contributed by atoms with Crippen LogP contribution in [-0.2, 0) is 23.4 Å². The molecule has 2 N–H and O–H groups in total. The lowest BCUT2D eigenvalue weighted by Crippen LogP contribution is -2.22. The SMILES string of the molecule is CN=CNc1c(C=O)ncn1C1CCC(COP(=O)(O)SCOC(=O)C(C)(C)C)O1. The van der Waals surface area contributed by atoms with Crippen LogP contribution in [0.2, 0.25) is 0 Å². The maximum atomic E-state index is 12.1. The topological polar surface area (TPSA) is 141 Å². The number of esters is 1. The summed E-state index contributed by atoms with van der Waals surface area (Å²) in [6, 6.07) is 0. The van der Waals surface area contributed by atoms with Gasteiger partial charge >= 0.3 is 12.8 Å². The normalized spacial score (nSPS) is 21.5. The Bertz CT molecular complexity index is 824. The van der Waals surface area contributed by atoms with Crippen LogP contribution in [0.15, 0.2) is 11.3 Å². The molecule has 2 rings (SSSR count). The minimum Gasteiger partial charge on any atom is -0.454 e. The Kier molecular flexibility index (Phi) is 8.62. The van der Waals surface area contributed by atoms with Crippen LogP contribution in [0.3, 0.4) is 0 Å². The van der Waals surface area contributed by atoms with Gasteiger partial charge in [0, 0.05) is 18.4 Å². The zero-order chi connectivity index (χ0) is 22.4. The fourth-order valence-electron chi connectivity index (χ4n) is 2.55. The molecule has 2 heterocycles. The van der Waals surface area contributed by atoms with Crippen LogP contribution in [0.25, 0.3) is 0 Å². The highest BCUT2D eigenvalue weighted by Gasteiger charge is 2.32. The van der Waals surface area contributed by atoms with Gasteiger partial charge in [0.15, 0.2) is 6.29 Å². The highest BCUT2D eigenvalue weighted by Crippen LogP contribution is 2.56. The van der Waals surface area contributed by atoms with E-state index in [0.717, 1.165) is 0 Å². The molecule has 1 aromatic heterocycles. The van der Waals surface area contributed by atoms with Gasteiger partial charge in [-0.3, -0.25) is 23.7 Å². The number of ether oxygens (including phenoxy) is 2. The number of carbonyl (C=O) groups is 2. The maximum Gasteiger partial charge on any atom is 0.389 e. The maximum absolute atomic E-state index is 12.1. The lowest BCUT2D eigenvalue weighted by atomic mass is 9.98. The molecule has 0 amide bonds. The van der Waals surface area contributed by atoms with Crippen molar-refractivity contribution in [2.75, 3.05) is 24.9 Å². The average molecular weight is 462 g/mol. The van der Waals surface area contributed by atoms with Gasteiger partial charge in [-0.2, -0.15) is 0 Å². The molecule has 0 aromatic carbocycles. The summed E-state index contributed by atoms with van der Waals surface area (Å²) in [6.07, 6.45) is 3.91. The standard InChI is InChI=1S/C17H27N4O7PS/c1-17(2,3)16(23)26-11-30-29(24,25)27-8-12-5-6-14(28-12)21-10-20-13(7-22)15(21)19-9-18-4/h7,9-10,12,14H,5-6,8,11H2,1-4H3,(H,18,19)(H,24,25). The van der Waals surface area contributed by atoms with E-state index >= 15 is 0 Å². The molecule has 13 heteroatoms. The summed E-state index contributed by atoms with van der Waals surface area (Å²) < 4.78 is 29.8. The molecular formula is C17H27N4O7PS. The van der Waals surface area contributed by atoms with Crippen molar-refractivity contribution in [1.82, 2.24) is 9.55 Å². The molecule has 1 aliphatic heterocycles. The van der Waals surface area contributed by atoms with Gasteiger partial charge in [-0.25, -0.2) is 9.55 Å². The van der Waals surface area contributed by atoms with Crippen molar-refractivity contribution in [2.45, 2.75) is 45.9 Å². The largest absolute Gasteiger partial charge is 0.454 e. The molecule has 3 atom stereocenters. The average Bonchev–Trinajstić information content (AvgIpc) is 3.30. The number of rotatable bonds is 10. The smallest absolute Gasteiger partial charge is 0.389 e. The van der Waals surface area contributed by atoms with Crippen LogP contribution >= 0.6 is 18.2 Å². The first-order valence-electron chi connectivity index (χ1n) is 9.21. The fourth-order valence-corrected chi connectivity index (χ4v) is 4.23. The molecule has 30 heavy (non-hydrogen) atoms. The molecule has 1 saturated heterocycles. The number of carbonyl (C=O) groups excluding carboxylic acids is 2. The van der Waals surface area contributed by atoms with Crippen molar-refractivity contribution < 1.29 is 33.0 Å². The summed E-state index contributed by atoms with van der Waals surface area (Å²) in [7, 11) is 1.59. The van der Waals surface area contributed by atoms with Crippen molar-refractivity contribution >= 4 is 42.6 Å². The van der Waals surface area contributed by atoms with E-state index in [1.807, 2.05) is 0 Å².